The number of rotatable bonds is 3. The van der Waals surface area contributed by atoms with Crippen molar-refractivity contribution in [3.05, 3.63) is 60.7 Å². The molecule has 2 amide bonds. The van der Waals surface area contributed by atoms with E-state index in [9.17, 15) is 4.79 Å². The van der Waals surface area contributed by atoms with Crippen LogP contribution in [0.3, 0.4) is 0 Å². The van der Waals surface area contributed by atoms with Gasteiger partial charge in [0.05, 0.1) is 11.4 Å². The van der Waals surface area contributed by atoms with Gasteiger partial charge in [-0.1, -0.05) is 36.4 Å². The van der Waals surface area contributed by atoms with Gasteiger partial charge in [-0.05, 0) is 24.3 Å². The molecule has 86 valence electrons. The maximum atomic E-state index is 11.0. The third-order valence-electron chi connectivity index (χ3n) is 2.25. The molecule has 2 rings (SSSR count). The van der Waals surface area contributed by atoms with Crippen molar-refractivity contribution in [3.8, 4) is 0 Å². The zero-order valence-corrected chi connectivity index (χ0v) is 9.21. The fourth-order valence-corrected chi connectivity index (χ4v) is 1.54. The number of urea groups is 1. The summed E-state index contributed by atoms with van der Waals surface area (Å²) in [4.78, 5) is 11.0. The standard InChI is InChI=1S/C13H13N3O/c14-13(17)15-16(11-7-3-1-4-8-11)12-9-5-2-6-10-12/h1-10H,(H3,14,15,17). The third kappa shape index (κ3) is 2.75. The second-order valence-corrected chi connectivity index (χ2v) is 3.48. The SMILES string of the molecule is NC(=O)NN(c1ccccc1)c1ccccc1. The number of hydrogen-bond acceptors (Lipinski definition) is 2. The highest BCUT2D eigenvalue weighted by Crippen LogP contribution is 2.22. The summed E-state index contributed by atoms with van der Waals surface area (Å²) in [7, 11) is 0. The van der Waals surface area contributed by atoms with E-state index in [4.69, 9.17) is 5.73 Å². The topological polar surface area (TPSA) is 58.4 Å². The fraction of sp³-hybridized carbons (Fsp3) is 0. The molecule has 3 N–H and O–H groups in total. The molecular weight excluding hydrogens is 214 g/mol. The van der Waals surface area contributed by atoms with E-state index in [-0.39, 0.29) is 0 Å². The lowest BCUT2D eigenvalue weighted by Crippen LogP contribution is -2.42. The highest BCUT2D eigenvalue weighted by atomic mass is 16.2. The average molecular weight is 227 g/mol. The first-order valence-corrected chi connectivity index (χ1v) is 5.23. The molecule has 0 saturated carbocycles. The van der Waals surface area contributed by atoms with E-state index >= 15 is 0 Å². The van der Waals surface area contributed by atoms with Crippen molar-refractivity contribution in [1.29, 1.82) is 0 Å². The number of carbonyl (C=O) groups excluding carboxylic acids is 1. The van der Waals surface area contributed by atoms with Crippen LogP contribution in [-0.2, 0) is 0 Å². The molecule has 0 aliphatic carbocycles. The summed E-state index contributed by atoms with van der Waals surface area (Å²) in [6, 6.07) is 18.4. The Hall–Kier alpha value is -2.49. The quantitative estimate of drug-likeness (QED) is 0.791. The summed E-state index contributed by atoms with van der Waals surface area (Å²) in [6.07, 6.45) is 0. The molecule has 0 aliphatic rings. The number of primary amides is 1. The van der Waals surface area contributed by atoms with Crippen LogP contribution in [0.1, 0.15) is 0 Å². The predicted molar refractivity (Wildman–Crippen MR) is 67.7 cm³/mol. The lowest BCUT2D eigenvalue weighted by Gasteiger charge is -2.24. The van der Waals surface area contributed by atoms with E-state index in [1.165, 1.54) is 0 Å². The summed E-state index contributed by atoms with van der Waals surface area (Å²) in [6.45, 7) is 0. The number of nitrogens with one attached hydrogen (secondary N) is 1. The zero-order chi connectivity index (χ0) is 12.1. The van der Waals surface area contributed by atoms with Gasteiger partial charge in [0.2, 0.25) is 0 Å². The largest absolute Gasteiger partial charge is 0.350 e. The second-order valence-electron chi connectivity index (χ2n) is 3.48. The molecule has 4 nitrogen and oxygen atoms in total. The predicted octanol–water partition coefficient (Wildman–Crippen LogP) is 2.41. The average Bonchev–Trinajstić information content (AvgIpc) is 2.38. The first kappa shape index (κ1) is 11.0. The van der Waals surface area contributed by atoms with Crippen LogP contribution in [0.5, 0.6) is 0 Å². The van der Waals surface area contributed by atoms with Crippen LogP contribution in [0.4, 0.5) is 16.2 Å². The Morgan fingerprint density at radius 3 is 1.65 bits per heavy atom. The third-order valence-corrected chi connectivity index (χ3v) is 2.25. The number of carbonyl (C=O) groups is 1. The van der Waals surface area contributed by atoms with E-state index in [1.54, 1.807) is 5.01 Å². The monoisotopic (exact) mass is 227 g/mol. The van der Waals surface area contributed by atoms with Crippen LogP contribution >= 0.6 is 0 Å². The van der Waals surface area contributed by atoms with Crippen molar-refractivity contribution in [2.45, 2.75) is 0 Å². The minimum atomic E-state index is -0.599. The van der Waals surface area contributed by atoms with Crippen molar-refractivity contribution in [2.24, 2.45) is 5.73 Å². The summed E-state index contributed by atoms with van der Waals surface area (Å²) in [5.74, 6) is 0. The molecule has 0 heterocycles. The van der Waals surface area contributed by atoms with Gasteiger partial charge in [0, 0.05) is 0 Å². The first-order valence-electron chi connectivity index (χ1n) is 5.23. The van der Waals surface area contributed by atoms with Gasteiger partial charge in [-0.15, -0.1) is 0 Å². The van der Waals surface area contributed by atoms with Gasteiger partial charge in [-0.25, -0.2) is 10.2 Å². The van der Waals surface area contributed by atoms with Crippen molar-refractivity contribution in [3.63, 3.8) is 0 Å². The van der Waals surface area contributed by atoms with Crippen LogP contribution in [0.2, 0.25) is 0 Å². The van der Waals surface area contributed by atoms with Gasteiger partial charge in [0.15, 0.2) is 0 Å². The van der Waals surface area contributed by atoms with E-state index in [2.05, 4.69) is 5.43 Å². The molecule has 2 aromatic carbocycles. The zero-order valence-electron chi connectivity index (χ0n) is 9.21. The lowest BCUT2D eigenvalue weighted by atomic mass is 10.2. The lowest BCUT2D eigenvalue weighted by molar-refractivity contribution is 0.249. The Balaban J connectivity index is 2.36. The maximum Gasteiger partial charge on any atom is 0.331 e. The molecule has 0 bridgehead atoms. The summed E-state index contributed by atoms with van der Waals surface area (Å²) in [5.41, 5.74) is 9.45. The van der Waals surface area contributed by atoms with Crippen LogP contribution in [0.25, 0.3) is 0 Å². The Bertz CT molecular complexity index is 445. The van der Waals surface area contributed by atoms with E-state index in [0.717, 1.165) is 11.4 Å². The molecular formula is C13H13N3O. The normalized spacial score (nSPS) is 9.65. The minimum Gasteiger partial charge on any atom is -0.350 e. The first-order chi connectivity index (χ1) is 8.27. The number of nitrogens with zero attached hydrogens (tertiary/aromatic N) is 1. The molecule has 2 aromatic rings. The van der Waals surface area contributed by atoms with Gasteiger partial charge in [0.1, 0.15) is 0 Å². The van der Waals surface area contributed by atoms with Crippen molar-refractivity contribution in [2.75, 3.05) is 5.01 Å². The molecule has 0 aromatic heterocycles. The van der Waals surface area contributed by atoms with E-state index < -0.39 is 6.03 Å². The Morgan fingerprint density at radius 1 is 0.882 bits per heavy atom. The number of amides is 2. The second kappa shape index (κ2) is 5.03. The summed E-state index contributed by atoms with van der Waals surface area (Å²) < 4.78 is 0. The number of anilines is 2. The summed E-state index contributed by atoms with van der Waals surface area (Å²) in [5, 5.41) is 1.64. The van der Waals surface area contributed by atoms with Crippen LogP contribution in [0.15, 0.2) is 60.7 Å². The molecule has 0 unspecified atom stereocenters. The molecule has 0 atom stereocenters. The Kier molecular flexibility index (Phi) is 3.25. The molecule has 0 fully saturated rings. The van der Waals surface area contributed by atoms with E-state index in [0.29, 0.717) is 0 Å². The molecule has 0 saturated heterocycles. The van der Waals surface area contributed by atoms with Crippen molar-refractivity contribution in [1.82, 2.24) is 5.43 Å². The summed E-state index contributed by atoms with van der Waals surface area (Å²) >= 11 is 0. The number of benzene rings is 2. The number of hydrazine groups is 1. The van der Waals surface area contributed by atoms with Gasteiger partial charge in [0.25, 0.3) is 0 Å². The molecule has 0 radical (unpaired) electrons. The highest BCUT2D eigenvalue weighted by molar-refractivity contribution is 5.77. The van der Waals surface area contributed by atoms with Crippen LogP contribution in [0, 0.1) is 0 Å². The number of para-hydroxylation sites is 2. The Morgan fingerprint density at radius 2 is 1.29 bits per heavy atom. The van der Waals surface area contributed by atoms with Crippen LogP contribution < -0.4 is 16.2 Å². The van der Waals surface area contributed by atoms with Gasteiger partial charge >= 0.3 is 6.03 Å². The highest BCUT2D eigenvalue weighted by Gasteiger charge is 2.09. The van der Waals surface area contributed by atoms with Gasteiger partial charge in [-0.3, -0.25) is 5.01 Å². The molecule has 0 spiro atoms. The molecule has 17 heavy (non-hydrogen) atoms. The number of hydrogen-bond donors (Lipinski definition) is 2. The minimum absolute atomic E-state index is 0.599. The van der Waals surface area contributed by atoms with Crippen molar-refractivity contribution < 1.29 is 4.79 Å². The smallest absolute Gasteiger partial charge is 0.331 e. The Labute approximate surface area is 99.6 Å². The maximum absolute atomic E-state index is 11.0. The van der Waals surface area contributed by atoms with Gasteiger partial charge in [-0.2, -0.15) is 0 Å². The van der Waals surface area contributed by atoms with Crippen molar-refractivity contribution >= 4 is 17.4 Å². The number of nitrogens with two attached hydrogens (primary N) is 1. The van der Waals surface area contributed by atoms with E-state index in [1.807, 2.05) is 60.7 Å². The van der Waals surface area contributed by atoms with Crippen LogP contribution in [-0.4, -0.2) is 6.03 Å². The molecule has 0 aliphatic heterocycles. The molecule has 4 heteroatoms. The van der Waals surface area contributed by atoms with Gasteiger partial charge < -0.3 is 5.73 Å². The fourth-order valence-electron chi connectivity index (χ4n) is 1.54.